The number of rotatable bonds is 3. The van der Waals surface area contributed by atoms with E-state index in [1.807, 2.05) is 19.2 Å². The van der Waals surface area contributed by atoms with Gasteiger partial charge in [-0.1, -0.05) is 29.3 Å². The molecule has 2 rings (SSSR count). The van der Waals surface area contributed by atoms with Crippen molar-refractivity contribution in [3.05, 3.63) is 51.5 Å². The molecule has 0 spiro atoms. The number of hydrogen-bond donors (Lipinski definition) is 0. The molecule has 0 aliphatic rings. The third-order valence-corrected chi connectivity index (χ3v) is 4.10. The minimum atomic E-state index is 0.553. The van der Waals surface area contributed by atoms with E-state index in [9.17, 15) is 0 Å². The van der Waals surface area contributed by atoms with Crippen LogP contribution in [0.5, 0.6) is 0 Å². The van der Waals surface area contributed by atoms with E-state index in [2.05, 4.69) is 23.2 Å². The van der Waals surface area contributed by atoms with Gasteiger partial charge in [0, 0.05) is 14.9 Å². The van der Waals surface area contributed by atoms with Crippen molar-refractivity contribution in [1.82, 2.24) is 0 Å². The molecular weight excluding hydrogens is 311 g/mol. The molecule has 0 radical (unpaired) electrons. The van der Waals surface area contributed by atoms with Crippen molar-refractivity contribution in [1.29, 1.82) is 0 Å². The average molecular weight is 325 g/mol. The lowest BCUT2D eigenvalue weighted by Gasteiger charge is -2.07. The van der Waals surface area contributed by atoms with Crippen LogP contribution in [0.1, 0.15) is 11.1 Å². The summed E-state index contributed by atoms with van der Waals surface area (Å²) in [6.07, 6.45) is 2.03. The maximum atomic E-state index is 5.95. The van der Waals surface area contributed by atoms with E-state index in [-0.39, 0.29) is 0 Å². The Hall–Kier alpha value is -1.03. The van der Waals surface area contributed by atoms with Crippen molar-refractivity contribution in [2.45, 2.75) is 18.7 Å². The van der Waals surface area contributed by atoms with Gasteiger partial charge >= 0.3 is 0 Å². The van der Waals surface area contributed by atoms with Crippen molar-refractivity contribution < 1.29 is 0 Å². The van der Waals surface area contributed by atoms with E-state index >= 15 is 0 Å². The first-order valence-electron chi connectivity index (χ1n) is 6.02. The number of benzene rings is 2. The monoisotopic (exact) mass is 324 g/mol. The molecule has 2 nitrogen and oxygen atoms in total. The van der Waals surface area contributed by atoms with Gasteiger partial charge in [0.2, 0.25) is 0 Å². The molecule has 2 aromatic carbocycles. The van der Waals surface area contributed by atoms with Crippen LogP contribution in [0.2, 0.25) is 10.0 Å². The maximum Gasteiger partial charge on any atom is 0.0997 e. The van der Waals surface area contributed by atoms with Gasteiger partial charge in [-0.25, -0.2) is 0 Å². The summed E-state index contributed by atoms with van der Waals surface area (Å²) in [4.78, 5) is 1.13. The lowest BCUT2D eigenvalue weighted by atomic mass is 10.1. The summed E-state index contributed by atoms with van der Waals surface area (Å²) in [5, 5.41) is 9.68. The summed E-state index contributed by atoms with van der Waals surface area (Å²) in [5.74, 6) is 0. The minimum Gasteiger partial charge on any atom is -0.150 e. The van der Waals surface area contributed by atoms with Crippen molar-refractivity contribution in [2.24, 2.45) is 10.2 Å². The van der Waals surface area contributed by atoms with Crippen molar-refractivity contribution in [2.75, 3.05) is 6.26 Å². The Bertz CT molecular complexity index is 649. The van der Waals surface area contributed by atoms with Crippen LogP contribution in [0, 0.1) is 13.8 Å². The van der Waals surface area contributed by atoms with Crippen molar-refractivity contribution in [3.63, 3.8) is 0 Å². The third-order valence-electron chi connectivity index (χ3n) is 2.72. The Balaban J connectivity index is 2.40. The zero-order valence-electron chi connectivity index (χ0n) is 11.4. The molecule has 0 aliphatic carbocycles. The fraction of sp³-hybridized carbons (Fsp3) is 0.200. The van der Waals surface area contributed by atoms with Crippen LogP contribution in [0.3, 0.4) is 0 Å². The second kappa shape index (κ2) is 6.61. The van der Waals surface area contributed by atoms with Crippen molar-refractivity contribution >= 4 is 46.3 Å². The van der Waals surface area contributed by atoms with Gasteiger partial charge in [0.15, 0.2) is 0 Å². The Morgan fingerprint density at radius 3 is 2.15 bits per heavy atom. The summed E-state index contributed by atoms with van der Waals surface area (Å²) in [6, 6.07) is 9.30. The van der Waals surface area contributed by atoms with E-state index in [0.29, 0.717) is 15.7 Å². The first kappa shape index (κ1) is 15.4. The summed E-state index contributed by atoms with van der Waals surface area (Å²) in [5.41, 5.74) is 3.88. The van der Waals surface area contributed by atoms with Crippen LogP contribution >= 0.6 is 35.0 Å². The van der Waals surface area contributed by atoms with Gasteiger partial charge in [0.05, 0.1) is 11.4 Å². The summed E-state index contributed by atoms with van der Waals surface area (Å²) < 4.78 is 0. The van der Waals surface area contributed by atoms with E-state index < -0.39 is 0 Å². The van der Waals surface area contributed by atoms with Gasteiger partial charge in [0.1, 0.15) is 0 Å². The summed E-state index contributed by atoms with van der Waals surface area (Å²) in [6.45, 7) is 4.13. The SMILES string of the molecule is CSc1c(C)cc(C)cc1N=Nc1cc(Cl)cc(Cl)c1. The van der Waals surface area contributed by atoms with E-state index in [1.54, 1.807) is 30.0 Å². The Morgan fingerprint density at radius 2 is 1.55 bits per heavy atom. The first-order valence-corrected chi connectivity index (χ1v) is 8.00. The van der Waals surface area contributed by atoms with Gasteiger partial charge in [0.25, 0.3) is 0 Å². The van der Waals surface area contributed by atoms with Gasteiger partial charge in [-0.2, -0.15) is 5.11 Å². The molecule has 0 atom stereocenters. The molecule has 0 N–H and O–H groups in total. The molecule has 2 aromatic rings. The lowest BCUT2D eigenvalue weighted by Crippen LogP contribution is -1.82. The smallest absolute Gasteiger partial charge is 0.0997 e. The summed E-state index contributed by atoms with van der Waals surface area (Å²) in [7, 11) is 0. The van der Waals surface area contributed by atoms with Crippen LogP contribution < -0.4 is 0 Å². The molecule has 104 valence electrons. The number of nitrogens with zero attached hydrogens (tertiary/aromatic N) is 2. The molecule has 0 heterocycles. The van der Waals surface area contributed by atoms with Crippen molar-refractivity contribution in [3.8, 4) is 0 Å². The standard InChI is InChI=1S/C15H14Cl2N2S/c1-9-4-10(2)15(20-3)14(5-9)19-18-13-7-11(16)6-12(17)8-13/h4-8H,1-3H3. The van der Waals surface area contributed by atoms with E-state index in [4.69, 9.17) is 23.2 Å². The van der Waals surface area contributed by atoms with Crippen LogP contribution in [-0.2, 0) is 0 Å². The fourth-order valence-electron chi connectivity index (χ4n) is 1.98. The number of hydrogen-bond acceptors (Lipinski definition) is 3. The Morgan fingerprint density at radius 1 is 0.900 bits per heavy atom. The molecule has 0 saturated carbocycles. The quantitative estimate of drug-likeness (QED) is 0.452. The lowest BCUT2D eigenvalue weighted by molar-refractivity contribution is 1.16. The van der Waals surface area contributed by atoms with Crippen LogP contribution in [0.25, 0.3) is 0 Å². The highest BCUT2D eigenvalue weighted by Gasteiger charge is 2.06. The van der Waals surface area contributed by atoms with Crippen LogP contribution in [-0.4, -0.2) is 6.26 Å². The minimum absolute atomic E-state index is 0.553. The molecule has 0 amide bonds. The zero-order valence-corrected chi connectivity index (χ0v) is 13.8. The van der Waals surface area contributed by atoms with Gasteiger partial charge in [-0.15, -0.1) is 16.9 Å². The summed E-state index contributed by atoms with van der Waals surface area (Å²) >= 11 is 13.6. The number of azo groups is 1. The molecule has 0 bridgehead atoms. The van der Waals surface area contributed by atoms with Gasteiger partial charge in [-0.05, 0) is 55.5 Å². The fourth-order valence-corrected chi connectivity index (χ4v) is 3.18. The largest absolute Gasteiger partial charge is 0.150 e. The zero-order chi connectivity index (χ0) is 14.7. The molecule has 0 saturated heterocycles. The number of aryl methyl sites for hydroxylation is 2. The second-order valence-corrected chi connectivity index (χ2v) is 6.15. The highest BCUT2D eigenvalue weighted by Crippen LogP contribution is 2.34. The predicted octanol–water partition coefficient (Wildman–Crippen LogP) is 6.75. The van der Waals surface area contributed by atoms with Gasteiger partial charge in [-0.3, -0.25) is 0 Å². The third kappa shape index (κ3) is 3.75. The molecule has 20 heavy (non-hydrogen) atoms. The molecule has 0 unspecified atom stereocenters. The molecule has 5 heteroatoms. The first-order chi connectivity index (χ1) is 9.49. The molecule has 0 aromatic heterocycles. The normalized spacial score (nSPS) is 11.2. The van der Waals surface area contributed by atoms with Crippen LogP contribution in [0.4, 0.5) is 11.4 Å². The maximum absolute atomic E-state index is 5.95. The van der Waals surface area contributed by atoms with Crippen LogP contribution in [0.15, 0.2) is 45.5 Å². The Labute approximate surface area is 133 Å². The topological polar surface area (TPSA) is 24.7 Å². The van der Waals surface area contributed by atoms with Gasteiger partial charge < -0.3 is 0 Å². The molecule has 0 aliphatic heterocycles. The molecular formula is C15H14Cl2N2S. The Kier molecular flexibility index (Phi) is 5.08. The second-order valence-electron chi connectivity index (χ2n) is 4.46. The molecule has 0 fully saturated rings. The number of thioether (sulfide) groups is 1. The highest BCUT2D eigenvalue weighted by atomic mass is 35.5. The highest BCUT2D eigenvalue weighted by molar-refractivity contribution is 7.98. The number of halogens is 2. The van der Waals surface area contributed by atoms with E-state index in [0.717, 1.165) is 10.6 Å². The van der Waals surface area contributed by atoms with E-state index in [1.165, 1.54) is 11.1 Å². The average Bonchev–Trinajstić information content (AvgIpc) is 2.34. The predicted molar refractivity (Wildman–Crippen MR) is 88.3 cm³/mol.